The van der Waals surface area contributed by atoms with Crippen LogP contribution < -0.4 is 0 Å². The summed E-state index contributed by atoms with van der Waals surface area (Å²) in [4.78, 5) is 0. The quantitative estimate of drug-likeness (QED) is 0.833. The van der Waals surface area contributed by atoms with E-state index in [0.717, 1.165) is 5.56 Å². The Morgan fingerprint density at radius 3 is 2.62 bits per heavy atom. The van der Waals surface area contributed by atoms with Crippen molar-refractivity contribution in [3.8, 4) is 0 Å². The van der Waals surface area contributed by atoms with Gasteiger partial charge in [-0.1, -0.05) is 30.3 Å². The molecule has 1 heterocycles. The summed E-state index contributed by atoms with van der Waals surface area (Å²) in [6.07, 6.45) is -0.161. The van der Waals surface area contributed by atoms with Crippen molar-refractivity contribution in [1.29, 1.82) is 0 Å². The molecule has 0 aromatic heterocycles. The van der Waals surface area contributed by atoms with E-state index in [4.69, 9.17) is 9.47 Å². The minimum Gasteiger partial charge on any atom is -0.390 e. The van der Waals surface area contributed by atoms with Crippen LogP contribution >= 0.6 is 0 Å². The Labute approximate surface area is 96.0 Å². The van der Waals surface area contributed by atoms with E-state index in [1.165, 1.54) is 0 Å². The maximum Gasteiger partial charge on any atom is 0.121 e. The second-order valence-corrected chi connectivity index (χ2v) is 4.14. The Bertz CT molecular complexity index is 315. The molecule has 0 spiro atoms. The second kappa shape index (κ2) is 4.95. The van der Waals surface area contributed by atoms with Gasteiger partial charge in [-0.2, -0.15) is 0 Å². The van der Waals surface area contributed by atoms with E-state index in [1.54, 1.807) is 0 Å². The molecule has 1 N–H and O–H groups in total. The van der Waals surface area contributed by atoms with Crippen LogP contribution in [0.15, 0.2) is 30.3 Å². The largest absolute Gasteiger partial charge is 0.390 e. The molecule has 87 valence electrons. The molecule has 0 saturated carbocycles. The van der Waals surface area contributed by atoms with Crippen molar-refractivity contribution in [2.45, 2.75) is 18.1 Å². The molecule has 1 aliphatic rings. The molecule has 2 unspecified atom stereocenters. The summed E-state index contributed by atoms with van der Waals surface area (Å²) in [7, 11) is 0. The topological polar surface area (TPSA) is 38.7 Å². The zero-order valence-corrected chi connectivity index (χ0v) is 9.26. The van der Waals surface area contributed by atoms with Crippen molar-refractivity contribution in [3.05, 3.63) is 42.8 Å². The first kappa shape index (κ1) is 11.6. The van der Waals surface area contributed by atoms with E-state index < -0.39 is 11.7 Å². The van der Waals surface area contributed by atoms with Crippen molar-refractivity contribution in [2.75, 3.05) is 19.8 Å². The molecule has 1 aromatic rings. The van der Waals surface area contributed by atoms with Gasteiger partial charge in [0.2, 0.25) is 0 Å². The highest BCUT2D eigenvalue weighted by Gasteiger charge is 2.39. The minimum atomic E-state index is -0.784. The Hall–Kier alpha value is -0.900. The van der Waals surface area contributed by atoms with Gasteiger partial charge < -0.3 is 14.6 Å². The summed E-state index contributed by atoms with van der Waals surface area (Å²) in [5.74, 6) is 0. The minimum absolute atomic E-state index is 0.395. The summed E-state index contributed by atoms with van der Waals surface area (Å²) >= 11 is 0. The summed E-state index contributed by atoms with van der Waals surface area (Å²) in [5, 5.41) is 9.77. The second-order valence-electron chi connectivity index (χ2n) is 4.14. The molecule has 1 aliphatic heterocycles. The molecule has 1 saturated heterocycles. The number of hydrogen-bond acceptors (Lipinski definition) is 3. The third-order valence-electron chi connectivity index (χ3n) is 2.92. The molecule has 1 fully saturated rings. The molecule has 1 radical (unpaired) electrons. The summed E-state index contributed by atoms with van der Waals surface area (Å²) in [6, 6.07) is 9.95. The van der Waals surface area contributed by atoms with Crippen LogP contribution in [0.1, 0.15) is 5.56 Å². The van der Waals surface area contributed by atoms with Crippen molar-refractivity contribution >= 4 is 0 Å². The van der Waals surface area contributed by atoms with Crippen LogP contribution in [0.3, 0.4) is 0 Å². The van der Waals surface area contributed by atoms with Gasteiger partial charge in [-0.15, -0.1) is 0 Å². The van der Waals surface area contributed by atoms with Gasteiger partial charge in [0.25, 0.3) is 0 Å². The molecule has 3 nitrogen and oxygen atoms in total. The number of hydrogen-bond donors (Lipinski definition) is 1. The van der Waals surface area contributed by atoms with E-state index in [1.807, 2.05) is 30.3 Å². The molecule has 0 bridgehead atoms. The Morgan fingerprint density at radius 2 is 2.06 bits per heavy atom. The Balaban J connectivity index is 2.14. The van der Waals surface area contributed by atoms with Crippen molar-refractivity contribution in [2.24, 2.45) is 0 Å². The first-order valence-corrected chi connectivity index (χ1v) is 5.50. The fraction of sp³-hybridized carbons (Fsp3) is 0.462. The van der Waals surface area contributed by atoms with Crippen LogP contribution in [0.4, 0.5) is 0 Å². The van der Waals surface area contributed by atoms with Crippen LogP contribution in [0.5, 0.6) is 0 Å². The van der Waals surface area contributed by atoms with E-state index in [-0.39, 0.29) is 0 Å². The third-order valence-corrected chi connectivity index (χ3v) is 2.92. The molecule has 16 heavy (non-hydrogen) atoms. The van der Waals surface area contributed by atoms with Gasteiger partial charge in [-0.25, -0.2) is 0 Å². The average molecular weight is 221 g/mol. The van der Waals surface area contributed by atoms with Gasteiger partial charge in [0.15, 0.2) is 0 Å². The zero-order valence-electron chi connectivity index (χ0n) is 9.26. The zero-order chi connectivity index (χ0) is 11.4. The molecule has 0 amide bonds. The first-order valence-electron chi connectivity index (χ1n) is 5.50. The molecular formula is C13H17O3. The average Bonchev–Trinajstić information content (AvgIpc) is 2.31. The maximum absolute atomic E-state index is 9.77. The number of aliphatic hydroxyl groups excluding tert-OH is 1. The summed E-state index contributed by atoms with van der Waals surface area (Å²) in [6.45, 7) is 5.18. The lowest BCUT2D eigenvalue weighted by atomic mass is 9.89. The number of rotatable bonds is 3. The fourth-order valence-corrected chi connectivity index (χ4v) is 1.94. The lowest BCUT2D eigenvalue weighted by molar-refractivity contribution is -0.192. The van der Waals surface area contributed by atoms with Crippen LogP contribution in [-0.2, 0) is 15.9 Å². The van der Waals surface area contributed by atoms with Crippen molar-refractivity contribution in [1.82, 2.24) is 0 Å². The van der Waals surface area contributed by atoms with Gasteiger partial charge in [0.05, 0.1) is 25.9 Å². The number of ether oxygens (including phenoxy) is 2. The lowest BCUT2D eigenvalue weighted by Crippen LogP contribution is -2.53. The van der Waals surface area contributed by atoms with Gasteiger partial charge in [-0.05, 0) is 12.5 Å². The van der Waals surface area contributed by atoms with Gasteiger partial charge >= 0.3 is 0 Å². The predicted molar refractivity (Wildman–Crippen MR) is 61.0 cm³/mol. The van der Waals surface area contributed by atoms with Crippen LogP contribution in [0.2, 0.25) is 0 Å². The van der Waals surface area contributed by atoms with E-state index in [0.29, 0.717) is 26.2 Å². The third kappa shape index (κ3) is 2.43. The number of aliphatic hydroxyl groups is 1. The molecule has 2 atom stereocenters. The highest BCUT2D eigenvalue weighted by atomic mass is 16.6. The molecule has 3 heteroatoms. The monoisotopic (exact) mass is 221 g/mol. The van der Waals surface area contributed by atoms with Crippen LogP contribution in [0.25, 0.3) is 0 Å². The lowest BCUT2D eigenvalue weighted by Gasteiger charge is -2.39. The van der Waals surface area contributed by atoms with Crippen LogP contribution in [-0.4, -0.2) is 36.6 Å². The molecule has 2 rings (SSSR count). The maximum atomic E-state index is 9.77. The van der Waals surface area contributed by atoms with E-state index in [2.05, 4.69) is 6.92 Å². The first-order chi connectivity index (χ1) is 7.73. The van der Waals surface area contributed by atoms with Gasteiger partial charge in [-0.3, -0.25) is 0 Å². The molecule has 0 aliphatic carbocycles. The Kier molecular flexibility index (Phi) is 3.59. The fourth-order valence-electron chi connectivity index (χ4n) is 1.94. The van der Waals surface area contributed by atoms with Gasteiger partial charge in [0, 0.05) is 6.42 Å². The van der Waals surface area contributed by atoms with E-state index in [9.17, 15) is 5.11 Å². The van der Waals surface area contributed by atoms with Crippen LogP contribution in [0, 0.1) is 6.92 Å². The normalized spacial score (nSPS) is 27.6. The van der Waals surface area contributed by atoms with Crippen molar-refractivity contribution < 1.29 is 14.6 Å². The molecule has 1 aromatic carbocycles. The van der Waals surface area contributed by atoms with Gasteiger partial charge in [0.1, 0.15) is 5.60 Å². The predicted octanol–water partition coefficient (Wildman–Crippen LogP) is 1.21. The Morgan fingerprint density at radius 1 is 1.31 bits per heavy atom. The smallest absolute Gasteiger partial charge is 0.121 e. The highest BCUT2D eigenvalue weighted by molar-refractivity contribution is 5.18. The highest BCUT2D eigenvalue weighted by Crippen LogP contribution is 2.25. The SMILES string of the molecule is [CH2]C(O)C1(Cc2ccccc2)COCCO1. The molecular weight excluding hydrogens is 204 g/mol. The van der Waals surface area contributed by atoms with Crippen molar-refractivity contribution in [3.63, 3.8) is 0 Å². The summed E-state index contributed by atoms with van der Waals surface area (Å²) < 4.78 is 11.1. The summed E-state index contributed by atoms with van der Waals surface area (Å²) in [5.41, 5.74) is 0.426. The number of benzene rings is 1. The standard InChI is InChI=1S/C13H17O3/c1-11(14)13(10-15-7-8-16-13)9-12-5-3-2-4-6-12/h2-6,11,14H,1,7-10H2. The van der Waals surface area contributed by atoms with E-state index >= 15 is 0 Å².